The van der Waals surface area contributed by atoms with Crippen LogP contribution >= 0.6 is 0 Å². The minimum absolute atomic E-state index is 0.0111. The fourth-order valence-electron chi connectivity index (χ4n) is 9.90. The second kappa shape index (κ2) is 8.72. The number of fused-ring (bicyclic) bond motifs is 5. The molecule has 4 fully saturated rings. The number of aliphatic hydroxyl groups excluding tert-OH is 1. The van der Waals surface area contributed by atoms with Crippen LogP contribution in [0.1, 0.15) is 119 Å². The Balaban J connectivity index is 1.45. The van der Waals surface area contributed by atoms with Crippen LogP contribution in [0.25, 0.3) is 0 Å². The summed E-state index contributed by atoms with van der Waals surface area (Å²) in [4.78, 5) is 0. The van der Waals surface area contributed by atoms with Gasteiger partial charge in [-0.25, -0.2) is 0 Å². The highest BCUT2D eigenvalue weighted by atomic mass is 16.3. The van der Waals surface area contributed by atoms with Crippen molar-refractivity contribution in [3.63, 3.8) is 0 Å². The van der Waals surface area contributed by atoms with E-state index in [4.69, 9.17) is 0 Å². The van der Waals surface area contributed by atoms with Crippen molar-refractivity contribution < 1.29 is 5.11 Å². The van der Waals surface area contributed by atoms with Crippen LogP contribution in [0.4, 0.5) is 0 Å². The third-order valence-electron chi connectivity index (χ3n) is 11.9. The number of rotatable bonds is 6. The van der Waals surface area contributed by atoms with Gasteiger partial charge in [-0.1, -0.05) is 54.4 Å². The van der Waals surface area contributed by atoms with Gasteiger partial charge in [0.05, 0.1) is 6.10 Å². The Hall–Kier alpha value is -0.0400. The zero-order chi connectivity index (χ0) is 21.7. The van der Waals surface area contributed by atoms with Gasteiger partial charge in [0.25, 0.3) is 0 Å². The summed E-state index contributed by atoms with van der Waals surface area (Å²) in [5.41, 5.74) is 1.14. The van der Waals surface area contributed by atoms with Crippen LogP contribution in [0.5, 0.6) is 0 Å². The second-order valence-electron chi connectivity index (χ2n) is 13.3. The predicted octanol–water partition coefficient (Wildman–Crippen LogP) is 8.10. The Morgan fingerprint density at radius 3 is 2.23 bits per heavy atom. The Morgan fingerprint density at radius 2 is 1.53 bits per heavy atom. The Bertz CT molecular complexity index is 583. The van der Waals surface area contributed by atoms with Crippen LogP contribution in [-0.2, 0) is 0 Å². The molecule has 10 atom stereocenters. The lowest BCUT2D eigenvalue weighted by Crippen LogP contribution is -2.54. The molecule has 0 radical (unpaired) electrons. The standard InChI is InChI=1S/C29H52O/c1-7-21(19(2)3)9-8-20(4)25-12-13-26-24-11-10-22-18-23(30)14-16-28(22,5)27(24)15-17-29(25,26)6/h19-27,30H,7-18H2,1-6H3/t20-,21+,22-,23-,24-,25+,26-,27-,28-,29+/m0/s1. The molecule has 4 saturated carbocycles. The number of aliphatic hydroxyl groups is 1. The predicted molar refractivity (Wildman–Crippen MR) is 128 cm³/mol. The number of hydrogen-bond donors (Lipinski definition) is 1. The number of hydrogen-bond acceptors (Lipinski definition) is 1. The van der Waals surface area contributed by atoms with Crippen LogP contribution in [-0.4, -0.2) is 11.2 Å². The van der Waals surface area contributed by atoms with E-state index in [-0.39, 0.29) is 6.10 Å². The van der Waals surface area contributed by atoms with Gasteiger partial charge >= 0.3 is 0 Å². The minimum Gasteiger partial charge on any atom is -0.393 e. The summed E-state index contributed by atoms with van der Waals surface area (Å²) < 4.78 is 0. The summed E-state index contributed by atoms with van der Waals surface area (Å²) in [6, 6.07) is 0. The van der Waals surface area contributed by atoms with Crippen LogP contribution in [0, 0.1) is 58.2 Å². The van der Waals surface area contributed by atoms with E-state index in [1.807, 2.05) is 0 Å². The Morgan fingerprint density at radius 1 is 0.833 bits per heavy atom. The molecule has 30 heavy (non-hydrogen) atoms. The van der Waals surface area contributed by atoms with E-state index >= 15 is 0 Å². The van der Waals surface area contributed by atoms with E-state index in [1.54, 1.807) is 0 Å². The molecule has 0 heterocycles. The van der Waals surface area contributed by atoms with Gasteiger partial charge in [-0.3, -0.25) is 0 Å². The molecule has 0 saturated heterocycles. The molecule has 4 rings (SSSR count). The molecule has 174 valence electrons. The van der Waals surface area contributed by atoms with E-state index in [0.717, 1.165) is 60.2 Å². The second-order valence-corrected chi connectivity index (χ2v) is 13.3. The molecule has 0 aromatic heterocycles. The molecule has 0 bridgehead atoms. The SMILES string of the molecule is CC[C@H](CC[C@H](C)[C@H]1CC[C@H]2[C@@H]3CC[C@H]4C[C@@H](O)CC[C@]4(C)[C@H]3CC[C@]12C)C(C)C. The summed E-state index contributed by atoms with van der Waals surface area (Å²) in [6.07, 6.45) is 16.5. The van der Waals surface area contributed by atoms with E-state index < -0.39 is 0 Å². The normalized spacial score (nSPS) is 48.0. The van der Waals surface area contributed by atoms with Gasteiger partial charge in [0.2, 0.25) is 0 Å². The van der Waals surface area contributed by atoms with Gasteiger partial charge in [0.1, 0.15) is 0 Å². The highest BCUT2D eigenvalue weighted by molar-refractivity contribution is 5.09. The molecule has 4 aliphatic carbocycles. The molecule has 0 aliphatic heterocycles. The highest BCUT2D eigenvalue weighted by Crippen LogP contribution is 2.68. The van der Waals surface area contributed by atoms with Crippen molar-refractivity contribution in [1.82, 2.24) is 0 Å². The van der Waals surface area contributed by atoms with Crippen LogP contribution in [0.2, 0.25) is 0 Å². The Labute approximate surface area is 188 Å². The maximum Gasteiger partial charge on any atom is 0.0543 e. The van der Waals surface area contributed by atoms with Crippen LogP contribution in [0.3, 0.4) is 0 Å². The first kappa shape index (κ1) is 23.1. The van der Waals surface area contributed by atoms with E-state index in [2.05, 4.69) is 41.5 Å². The van der Waals surface area contributed by atoms with Gasteiger partial charge < -0.3 is 5.11 Å². The highest BCUT2D eigenvalue weighted by Gasteiger charge is 2.60. The first-order chi connectivity index (χ1) is 14.2. The molecule has 0 unspecified atom stereocenters. The van der Waals surface area contributed by atoms with Crippen LogP contribution in [0.15, 0.2) is 0 Å². The minimum atomic E-state index is -0.0111. The fraction of sp³-hybridized carbons (Fsp3) is 1.00. The quantitative estimate of drug-likeness (QED) is 0.463. The first-order valence-corrected chi connectivity index (χ1v) is 13.9. The van der Waals surface area contributed by atoms with Gasteiger partial charge in [-0.2, -0.15) is 0 Å². The largest absolute Gasteiger partial charge is 0.393 e. The van der Waals surface area contributed by atoms with E-state index in [9.17, 15) is 5.11 Å². The smallest absolute Gasteiger partial charge is 0.0543 e. The molecule has 0 aromatic carbocycles. The molecular formula is C29H52O. The van der Waals surface area contributed by atoms with Crippen molar-refractivity contribution >= 4 is 0 Å². The zero-order valence-electron chi connectivity index (χ0n) is 21.1. The fourth-order valence-corrected chi connectivity index (χ4v) is 9.90. The average Bonchev–Trinajstić information content (AvgIpc) is 3.06. The monoisotopic (exact) mass is 416 g/mol. The molecule has 1 heteroatoms. The van der Waals surface area contributed by atoms with Crippen molar-refractivity contribution in [3.05, 3.63) is 0 Å². The first-order valence-electron chi connectivity index (χ1n) is 13.9. The summed E-state index contributed by atoms with van der Waals surface area (Å²) in [6.45, 7) is 15.2. The molecule has 1 N–H and O–H groups in total. The Kier molecular flexibility index (Phi) is 6.72. The molecule has 1 nitrogen and oxygen atoms in total. The van der Waals surface area contributed by atoms with Gasteiger partial charge in [-0.05, 0) is 122 Å². The lowest BCUT2D eigenvalue weighted by Gasteiger charge is -2.61. The van der Waals surface area contributed by atoms with E-state index in [1.165, 1.54) is 64.2 Å². The molecule has 0 aromatic rings. The molecule has 4 aliphatic rings. The molecule has 0 spiro atoms. The summed E-state index contributed by atoms with van der Waals surface area (Å²) in [7, 11) is 0. The zero-order valence-corrected chi connectivity index (χ0v) is 21.1. The molecule has 0 amide bonds. The van der Waals surface area contributed by atoms with Crippen molar-refractivity contribution in [2.45, 2.75) is 125 Å². The van der Waals surface area contributed by atoms with E-state index in [0.29, 0.717) is 10.8 Å². The van der Waals surface area contributed by atoms with Crippen molar-refractivity contribution in [2.75, 3.05) is 0 Å². The summed E-state index contributed by atoms with van der Waals surface area (Å²) >= 11 is 0. The van der Waals surface area contributed by atoms with Crippen molar-refractivity contribution in [2.24, 2.45) is 58.2 Å². The lowest BCUT2D eigenvalue weighted by atomic mass is 9.44. The van der Waals surface area contributed by atoms with Crippen molar-refractivity contribution in [3.8, 4) is 0 Å². The van der Waals surface area contributed by atoms with Crippen LogP contribution < -0.4 is 0 Å². The van der Waals surface area contributed by atoms with Gasteiger partial charge in [-0.15, -0.1) is 0 Å². The summed E-state index contributed by atoms with van der Waals surface area (Å²) in [5, 5.41) is 10.3. The van der Waals surface area contributed by atoms with Gasteiger partial charge in [0.15, 0.2) is 0 Å². The van der Waals surface area contributed by atoms with Gasteiger partial charge in [0, 0.05) is 0 Å². The summed E-state index contributed by atoms with van der Waals surface area (Å²) in [5.74, 6) is 7.34. The maximum atomic E-state index is 10.3. The average molecular weight is 417 g/mol. The third kappa shape index (κ3) is 3.82. The molecular weight excluding hydrogens is 364 g/mol. The maximum absolute atomic E-state index is 10.3. The topological polar surface area (TPSA) is 20.2 Å². The lowest BCUT2D eigenvalue weighted by molar-refractivity contribution is -0.129. The van der Waals surface area contributed by atoms with Crippen molar-refractivity contribution in [1.29, 1.82) is 0 Å². The third-order valence-corrected chi connectivity index (χ3v) is 11.9.